The first kappa shape index (κ1) is 13.1. The van der Waals surface area contributed by atoms with Crippen molar-refractivity contribution in [2.24, 2.45) is 5.84 Å². The van der Waals surface area contributed by atoms with Gasteiger partial charge in [0.25, 0.3) is 0 Å². The van der Waals surface area contributed by atoms with Crippen LogP contribution in [0.2, 0.25) is 0 Å². The normalized spacial score (nSPS) is 10.3. The lowest BCUT2D eigenvalue weighted by atomic mass is 10.2. The van der Waals surface area contributed by atoms with Gasteiger partial charge in [0.1, 0.15) is 11.5 Å². The summed E-state index contributed by atoms with van der Waals surface area (Å²) in [6.45, 7) is 0. The second kappa shape index (κ2) is 6.01. The third-order valence-corrected chi connectivity index (χ3v) is 3.20. The van der Waals surface area contributed by atoms with E-state index in [1.165, 1.54) is 0 Å². The minimum atomic E-state index is -0.192. The number of hydrogen-bond donors (Lipinski definition) is 2. The van der Waals surface area contributed by atoms with E-state index in [1.807, 2.05) is 30.3 Å². The summed E-state index contributed by atoms with van der Waals surface area (Å²) in [6.07, 6.45) is 0.878. The van der Waals surface area contributed by atoms with Gasteiger partial charge >= 0.3 is 0 Å². The predicted octanol–water partition coefficient (Wildman–Crippen LogP) is 2.47. The highest BCUT2D eigenvalue weighted by molar-refractivity contribution is 14.1. The van der Waals surface area contributed by atoms with Crippen LogP contribution in [0.5, 0.6) is 0 Å². The lowest BCUT2D eigenvalue weighted by Crippen LogP contribution is -2.30. The highest BCUT2D eigenvalue weighted by Gasteiger charge is 2.07. The minimum Gasteiger partial charge on any atom is -0.461 e. The zero-order valence-electron chi connectivity index (χ0n) is 9.65. The first-order chi connectivity index (χ1) is 8.69. The maximum Gasteiger partial charge on any atom is 0.234 e. The molecule has 94 valence electrons. The molecule has 1 amide bonds. The number of aryl methyl sites for hydroxylation is 1. The third-order valence-electron chi connectivity index (χ3n) is 2.53. The molecule has 0 saturated heterocycles. The third kappa shape index (κ3) is 3.33. The van der Waals surface area contributed by atoms with Gasteiger partial charge in [0.05, 0.1) is 0 Å². The van der Waals surface area contributed by atoms with Crippen LogP contribution >= 0.6 is 22.6 Å². The second-order valence-corrected chi connectivity index (χ2v) is 5.09. The molecule has 18 heavy (non-hydrogen) atoms. The molecule has 2 aromatic rings. The van der Waals surface area contributed by atoms with Crippen LogP contribution < -0.4 is 11.3 Å². The first-order valence-corrected chi connectivity index (χ1v) is 6.61. The molecule has 0 bridgehead atoms. The number of hydrogen-bond acceptors (Lipinski definition) is 3. The molecular weight excluding hydrogens is 343 g/mol. The minimum absolute atomic E-state index is 0.192. The monoisotopic (exact) mass is 356 g/mol. The summed E-state index contributed by atoms with van der Waals surface area (Å²) in [5, 5.41) is 0. The number of nitrogens with one attached hydrogen (secondary N) is 1. The van der Waals surface area contributed by atoms with E-state index >= 15 is 0 Å². The molecule has 2 rings (SSSR count). The van der Waals surface area contributed by atoms with Gasteiger partial charge in [0.2, 0.25) is 5.91 Å². The van der Waals surface area contributed by atoms with Crippen molar-refractivity contribution in [3.63, 3.8) is 0 Å². The molecule has 0 aliphatic heterocycles. The summed E-state index contributed by atoms with van der Waals surface area (Å²) < 4.78 is 6.85. The molecule has 3 N–H and O–H groups in total. The molecule has 0 radical (unpaired) electrons. The van der Waals surface area contributed by atoms with Crippen molar-refractivity contribution in [3.8, 4) is 11.3 Å². The Labute approximate surface area is 119 Å². The zero-order chi connectivity index (χ0) is 13.0. The van der Waals surface area contributed by atoms with Crippen molar-refractivity contribution < 1.29 is 9.21 Å². The van der Waals surface area contributed by atoms with Crippen LogP contribution in [0.4, 0.5) is 0 Å². The molecule has 5 heteroatoms. The molecule has 0 fully saturated rings. The number of rotatable bonds is 4. The van der Waals surface area contributed by atoms with Crippen molar-refractivity contribution in [3.05, 3.63) is 45.7 Å². The molecule has 0 atom stereocenters. The van der Waals surface area contributed by atoms with Crippen molar-refractivity contribution in [2.75, 3.05) is 0 Å². The van der Waals surface area contributed by atoms with Crippen molar-refractivity contribution in [1.29, 1.82) is 0 Å². The second-order valence-electron chi connectivity index (χ2n) is 3.84. The molecular formula is C13H13IN2O2. The molecule has 1 heterocycles. The Morgan fingerprint density at radius 2 is 2.17 bits per heavy atom. The van der Waals surface area contributed by atoms with Gasteiger partial charge in [0, 0.05) is 22.0 Å². The molecule has 1 aromatic carbocycles. The van der Waals surface area contributed by atoms with E-state index in [-0.39, 0.29) is 5.91 Å². The Kier molecular flexibility index (Phi) is 4.38. The molecule has 4 nitrogen and oxygen atoms in total. The van der Waals surface area contributed by atoms with Crippen LogP contribution in [0, 0.1) is 3.57 Å². The van der Waals surface area contributed by atoms with Crippen LogP contribution in [0.3, 0.4) is 0 Å². The fourth-order valence-electron chi connectivity index (χ4n) is 1.62. The van der Waals surface area contributed by atoms with Crippen LogP contribution in [0.15, 0.2) is 40.8 Å². The average Bonchev–Trinajstić information content (AvgIpc) is 2.84. The number of amides is 1. The number of carbonyl (C=O) groups is 1. The summed E-state index contributed by atoms with van der Waals surface area (Å²) in [5.41, 5.74) is 3.14. The number of nitrogens with two attached hydrogens (primary N) is 1. The van der Waals surface area contributed by atoms with E-state index < -0.39 is 0 Å². The van der Waals surface area contributed by atoms with Crippen LogP contribution in [0.25, 0.3) is 11.3 Å². The topological polar surface area (TPSA) is 68.3 Å². The van der Waals surface area contributed by atoms with E-state index in [1.54, 1.807) is 0 Å². The van der Waals surface area contributed by atoms with Gasteiger partial charge in [-0.05, 0) is 46.9 Å². The predicted molar refractivity (Wildman–Crippen MR) is 77.5 cm³/mol. The zero-order valence-corrected chi connectivity index (χ0v) is 11.8. The number of hydrazine groups is 1. The van der Waals surface area contributed by atoms with Gasteiger partial charge in [-0.25, -0.2) is 5.84 Å². The Morgan fingerprint density at radius 3 is 2.89 bits per heavy atom. The van der Waals surface area contributed by atoms with E-state index in [0.29, 0.717) is 12.8 Å². The lowest BCUT2D eigenvalue weighted by Gasteiger charge is -1.99. The fourth-order valence-corrected chi connectivity index (χ4v) is 2.16. The van der Waals surface area contributed by atoms with E-state index in [9.17, 15) is 4.79 Å². The largest absolute Gasteiger partial charge is 0.461 e. The number of halogens is 1. The molecule has 0 aliphatic carbocycles. The van der Waals surface area contributed by atoms with Gasteiger partial charge in [-0.2, -0.15) is 0 Å². The summed E-state index contributed by atoms with van der Waals surface area (Å²) >= 11 is 2.26. The van der Waals surface area contributed by atoms with Crippen molar-refractivity contribution >= 4 is 28.5 Å². The Morgan fingerprint density at radius 1 is 1.33 bits per heavy atom. The van der Waals surface area contributed by atoms with Crippen LogP contribution in [0.1, 0.15) is 12.2 Å². The highest BCUT2D eigenvalue weighted by atomic mass is 127. The number of furan rings is 1. The first-order valence-electron chi connectivity index (χ1n) is 5.53. The number of carbonyl (C=O) groups excluding carboxylic acids is 1. The standard InChI is InChI=1S/C13H13IN2O2/c14-10-3-1-2-9(8-10)12-6-4-11(18-12)5-7-13(17)16-15/h1-4,6,8H,5,7,15H2,(H,16,17). The molecule has 0 aliphatic rings. The maximum atomic E-state index is 11.0. The summed E-state index contributed by atoms with van der Waals surface area (Å²) in [4.78, 5) is 11.0. The van der Waals surface area contributed by atoms with E-state index in [4.69, 9.17) is 10.3 Å². The quantitative estimate of drug-likeness (QED) is 0.383. The average molecular weight is 356 g/mol. The van der Waals surface area contributed by atoms with Crippen molar-refractivity contribution in [1.82, 2.24) is 5.43 Å². The smallest absolute Gasteiger partial charge is 0.234 e. The molecule has 1 aromatic heterocycles. The van der Waals surface area contributed by atoms with Crippen LogP contribution in [-0.2, 0) is 11.2 Å². The van der Waals surface area contributed by atoms with Crippen molar-refractivity contribution in [2.45, 2.75) is 12.8 Å². The number of benzene rings is 1. The Balaban J connectivity index is 2.08. The fraction of sp³-hybridized carbons (Fsp3) is 0.154. The molecule has 0 saturated carbocycles. The Bertz CT molecular complexity index is 551. The van der Waals surface area contributed by atoms with Gasteiger partial charge in [-0.1, -0.05) is 12.1 Å². The summed E-state index contributed by atoms with van der Waals surface area (Å²) in [7, 11) is 0. The maximum absolute atomic E-state index is 11.0. The van der Waals surface area contributed by atoms with Gasteiger partial charge in [0.15, 0.2) is 0 Å². The lowest BCUT2D eigenvalue weighted by molar-refractivity contribution is -0.121. The van der Waals surface area contributed by atoms with Gasteiger partial charge < -0.3 is 4.42 Å². The molecule has 0 spiro atoms. The van der Waals surface area contributed by atoms with E-state index in [0.717, 1.165) is 20.7 Å². The Hall–Kier alpha value is -1.34. The van der Waals surface area contributed by atoms with Gasteiger partial charge in [-0.3, -0.25) is 10.2 Å². The molecule has 0 unspecified atom stereocenters. The summed E-state index contributed by atoms with van der Waals surface area (Å²) in [6, 6.07) is 11.9. The highest BCUT2D eigenvalue weighted by Crippen LogP contribution is 2.24. The van der Waals surface area contributed by atoms with Gasteiger partial charge in [-0.15, -0.1) is 0 Å². The van der Waals surface area contributed by atoms with E-state index in [2.05, 4.69) is 34.1 Å². The van der Waals surface area contributed by atoms with Crippen LogP contribution in [-0.4, -0.2) is 5.91 Å². The summed E-state index contributed by atoms with van der Waals surface area (Å²) in [5.74, 6) is 6.43. The SMILES string of the molecule is NNC(=O)CCc1ccc(-c2cccc(I)c2)o1.